The summed E-state index contributed by atoms with van der Waals surface area (Å²) in [5, 5.41) is 9.60. The molecule has 1 aromatic heterocycles. The molecule has 2 heterocycles. The van der Waals surface area contributed by atoms with Gasteiger partial charge in [0.1, 0.15) is 4.88 Å². The van der Waals surface area contributed by atoms with E-state index in [2.05, 4.69) is 39.0 Å². The summed E-state index contributed by atoms with van der Waals surface area (Å²) in [7, 11) is 0. The summed E-state index contributed by atoms with van der Waals surface area (Å²) in [6.45, 7) is 7.80. The second-order valence-electron chi connectivity index (χ2n) is 7.06. The number of nitrogens with zero attached hydrogens (tertiary/aromatic N) is 3. The van der Waals surface area contributed by atoms with Gasteiger partial charge in [-0.3, -0.25) is 9.59 Å². The number of morpholine rings is 1. The number of aryl methyl sites for hydroxylation is 1. The minimum Gasteiger partial charge on any atom is -0.377 e. The molecule has 1 fully saturated rings. The predicted octanol–water partition coefficient (Wildman–Crippen LogP) is 1.40. The highest BCUT2D eigenvalue weighted by molar-refractivity contribution is 7.08. The molecule has 1 aliphatic heterocycles. The Morgan fingerprint density at radius 2 is 2.00 bits per heavy atom. The van der Waals surface area contributed by atoms with Crippen molar-refractivity contribution in [2.45, 2.75) is 32.9 Å². The Morgan fingerprint density at radius 3 is 2.62 bits per heavy atom. The molecule has 2 atom stereocenters. The third kappa shape index (κ3) is 4.72. The summed E-state index contributed by atoms with van der Waals surface area (Å²) in [6.07, 6.45) is 0. The van der Waals surface area contributed by atoms with E-state index in [0.29, 0.717) is 48.1 Å². The fourth-order valence-electron chi connectivity index (χ4n) is 3.39. The number of amides is 2. The van der Waals surface area contributed by atoms with Gasteiger partial charge in [-0.25, -0.2) is 0 Å². The van der Waals surface area contributed by atoms with Gasteiger partial charge in [-0.05, 0) is 50.5 Å². The van der Waals surface area contributed by atoms with E-state index in [1.165, 1.54) is 0 Å². The van der Waals surface area contributed by atoms with Gasteiger partial charge < -0.3 is 26.0 Å². The van der Waals surface area contributed by atoms with Crippen LogP contribution in [-0.4, -0.2) is 59.8 Å². The van der Waals surface area contributed by atoms with Gasteiger partial charge in [-0.2, -0.15) is 0 Å². The number of anilines is 2. The maximum absolute atomic E-state index is 12.8. The zero-order chi connectivity index (χ0) is 21.0. The molecule has 156 valence electrons. The fraction of sp³-hybridized carbons (Fsp3) is 0.474. The van der Waals surface area contributed by atoms with Crippen LogP contribution in [0.5, 0.6) is 0 Å². The van der Waals surface area contributed by atoms with Crippen LogP contribution < -0.4 is 21.3 Å². The van der Waals surface area contributed by atoms with E-state index >= 15 is 0 Å². The first kappa shape index (κ1) is 21.2. The van der Waals surface area contributed by atoms with Crippen molar-refractivity contribution in [3.8, 4) is 0 Å². The summed E-state index contributed by atoms with van der Waals surface area (Å²) in [5.41, 5.74) is 7.89. The maximum Gasteiger partial charge on any atom is 0.269 e. The monoisotopic (exact) mass is 418 g/mol. The second-order valence-corrected chi connectivity index (χ2v) is 7.81. The van der Waals surface area contributed by atoms with Crippen molar-refractivity contribution in [1.82, 2.24) is 14.9 Å². The van der Waals surface area contributed by atoms with E-state index in [0.717, 1.165) is 17.2 Å². The molecule has 0 radical (unpaired) electrons. The number of aromatic nitrogens is 2. The van der Waals surface area contributed by atoms with Crippen LogP contribution in [-0.2, 0) is 4.74 Å². The lowest BCUT2D eigenvalue weighted by molar-refractivity contribution is 0.0757. The van der Waals surface area contributed by atoms with Crippen LogP contribution in [0.15, 0.2) is 18.2 Å². The number of nitrogens with one attached hydrogen (secondary N) is 2. The van der Waals surface area contributed by atoms with Crippen molar-refractivity contribution in [2.75, 3.05) is 36.5 Å². The number of hydrogen-bond donors (Lipinski definition) is 3. The van der Waals surface area contributed by atoms with Crippen LogP contribution in [0.4, 0.5) is 11.4 Å². The molecule has 2 aromatic rings. The Morgan fingerprint density at radius 1 is 1.28 bits per heavy atom. The minimum atomic E-state index is -0.299. The first-order chi connectivity index (χ1) is 13.9. The lowest BCUT2D eigenvalue weighted by atomic mass is 10.1. The van der Waals surface area contributed by atoms with Gasteiger partial charge in [-0.1, -0.05) is 4.49 Å². The number of rotatable bonds is 6. The smallest absolute Gasteiger partial charge is 0.269 e. The molecule has 0 spiro atoms. The average Bonchev–Trinajstić information content (AvgIpc) is 3.13. The summed E-state index contributed by atoms with van der Waals surface area (Å²) >= 11 is 1.04. The molecule has 1 aromatic carbocycles. The lowest BCUT2D eigenvalue weighted by Crippen LogP contribution is -2.50. The first-order valence-corrected chi connectivity index (χ1v) is 10.3. The second kappa shape index (κ2) is 9.29. The van der Waals surface area contributed by atoms with Crippen LogP contribution >= 0.6 is 11.5 Å². The molecule has 2 unspecified atom stereocenters. The van der Waals surface area contributed by atoms with Crippen LogP contribution in [0.25, 0.3) is 0 Å². The molecule has 29 heavy (non-hydrogen) atoms. The van der Waals surface area contributed by atoms with Crippen LogP contribution in [0, 0.1) is 6.92 Å². The Balaban J connectivity index is 1.97. The zero-order valence-corrected chi connectivity index (χ0v) is 17.6. The van der Waals surface area contributed by atoms with Crippen molar-refractivity contribution in [1.29, 1.82) is 0 Å². The summed E-state index contributed by atoms with van der Waals surface area (Å²) < 4.78 is 9.46. The van der Waals surface area contributed by atoms with Gasteiger partial charge in [0.15, 0.2) is 0 Å². The van der Waals surface area contributed by atoms with Crippen molar-refractivity contribution in [2.24, 2.45) is 5.73 Å². The molecular formula is C19H26N6O3S. The Hall–Kier alpha value is -2.56. The number of carbonyl (C=O) groups excluding carboxylic acids is 2. The Kier molecular flexibility index (Phi) is 6.78. The van der Waals surface area contributed by atoms with Crippen LogP contribution in [0.3, 0.4) is 0 Å². The topological polar surface area (TPSA) is 122 Å². The normalized spacial score (nSPS) is 19.1. The van der Waals surface area contributed by atoms with Crippen molar-refractivity contribution < 1.29 is 14.3 Å². The Labute approximate surface area is 173 Å². The van der Waals surface area contributed by atoms with Crippen molar-refractivity contribution in [3.63, 3.8) is 0 Å². The highest BCUT2D eigenvalue weighted by Crippen LogP contribution is 2.33. The van der Waals surface area contributed by atoms with Gasteiger partial charge in [0.2, 0.25) is 0 Å². The largest absolute Gasteiger partial charge is 0.377 e. The molecule has 9 nitrogen and oxygen atoms in total. The van der Waals surface area contributed by atoms with Gasteiger partial charge >= 0.3 is 0 Å². The molecule has 4 N–H and O–H groups in total. The number of ether oxygens (including phenoxy) is 1. The average molecular weight is 419 g/mol. The first-order valence-electron chi connectivity index (χ1n) is 9.51. The van der Waals surface area contributed by atoms with Gasteiger partial charge in [-0.15, -0.1) is 5.10 Å². The van der Waals surface area contributed by atoms with Crippen molar-refractivity contribution >= 4 is 34.7 Å². The van der Waals surface area contributed by atoms with E-state index in [9.17, 15) is 9.59 Å². The molecule has 3 rings (SSSR count). The number of nitrogens with two attached hydrogens (primary N) is 1. The summed E-state index contributed by atoms with van der Waals surface area (Å²) in [4.78, 5) is 27.9. The number of carbonyl (C=O) groups is 2. The number of benzene rings is 1. The van der Waals surface area contributed by atoms with Crippen LogP contribution in [0.2, 0.25) is 0 Å². The van der Waals surface area contributed by atoms with E-state index in [4.69, 9.17) is 10.5 Å². The Bertz CT molecular complexity index is 877. The van der Waals surface area contributed by atoms with E-state index in [1.807, 2.05) is 6.07 Å². The van der Waals surface area contributed by atoms with Gasteiger partial charge in [0.25, 0.3) is 11.8 Å². The molecule has 1 saturated heterocycles. The standard InChI is InChI=1S/C19H26N6O3S/c1-11-9-28-10-12(2)25(11)16-5-4-14(18(26)21-7-6-20)8-15(16)22-19(27)17-13(3)23-24-29-17/h4-5,8,11-12H,6-7,9-10,20H2,1-3H3,(H,21,26)(H,22,27). The SMILES string of the molecule is Cc1nnsc1C(=O)Nc1cc(C(=O)NCCN)ccc1N1C(C)COCC1C. The fourth-order valence-corrected chi connectivity index (χ4v) is 3.94. The maximum atomic E-state index is 12.8. The van der Waals surface area contributed by atoms with E-state index in [1.54, 1.807) is 19.1 Å². The van der Waals surface area contributed by atoms with Crippen molar-refractivity contribution in [3.05, 3.63) is 34.3 Å². The highest BCUT2D eigenvalue weighted by atomic mass is 32.1. The van der Waals surface area contributed by atoms with E-state index < -0.39 is 0 Å². The van der Waals surface area contributed by atoms with Gasteiger partial charge in [0.05, 0.1) is 30.3 Å². The predicted molar refractivity (Wildman–Crippen MR) is 113 cm³/mol. The molecule has 2 amide bonds. The summed E-state index contributed by atoms with van der Waals surface area (Å²) in [5.74, 6) is -0.539. The molecule has 0 bridgehead atoms. The highest BCUT2D eigenvalue weighted by Gasteiger charge is 2.28. The molecule has 10 heteroatoms. The van der Waals surface area contributed by atoms with Gasteiger partial charge in [0, 0.05) is 30.7 Å². The summed E-state index contributed by atoms with van der Waals surface area (Å²) in [6, 6.07) is 5.56. The van der Waals surface area contributed by atoms with E-state index in [-0.39, 0.29) is 23.9 Å². The lowest BCUT2D eigenvalue weighted by Gasteiger charge is -2.41. The molecule has 0 saturated carbocycles. The quantitative estimate of drug-likeness (QED) is 0.648. The minimum absolute atomic E-state index is 0.123. The third-order valence-corrected chi connectivity index (χ3v) is 5.57. The van der Waals surface area contributed by atoms with Crippen LogP contribution in [0.1, 0.15) is 39.6 Å². The zero-order valence-electron chi connectivity index (χ0n) is 16.8. The molecule has 1 aliphatic rings. The third-order valence-electron chi connectivity index (χ3n) is 4.74. The molecular weight excluding hydrogens is 392 g/mol. The number of hydrogen-bond acceptors (Lipinski definition) is 8. The molecule has 0 aliphatic carbocycles.